The molecule has 0 radical (unpaired) electrons. The molecule has 4 aliphatic heterocycles. The summed E-state index contributed by atoms with van der Waals surface area (Å²) in [6, 6.07) is 4.93. The summed E-state index contributed by atoms with van der Waals surface area (Å²) in [7, 11) is 0. The summed E-state index contributed by atoms with van der Waals surface area (Å²) in [4.78, 5) is 43.7. The second-order valence-electron chi connectivity index (χ2n) is 12.0. The first-order chi connectivity index (χ1) is 19.3. The summed E-state index contributed by atoms with van der Waals surface area (Å²) in [5, 5.41) is 3.59. The average Bonchev–Trinajstić information content (AvgIpc) is 2.95. The van der Waals surface area contributed by atoms with Crippen molar-refractivity contribution in [3.63, 3.8) is 0 Å². The van der Waals surface area contributed by atoms with Gasteiger partial charge in [0.1, 0.15) is 17.8 Å². The van der Waals surface area contributed by atoms with Gasteiger partial charge < -0.3 is 24.9 Å². The van der Waals surface area contributed by atoms with E-state index in [1.54, 1.807) is 23.5 Å². The van der Waals surface area contributed by atoms with Gasteiger partial charge in [0.2, 0.25) is 5.91 Å². The second kappa shape index (κ2) is 11.0. The van der Waals surface area contributed by atoms with Gasteiger partial charge in [0.25, 0.3) is 5.91 Å². The molecule has 0 spiro atoms. The Morgan fingerprint density at radius 3 is 2.58 bits per heavy atom. The summed E-state index contributed by atoms with van der Waals surface area (Å²) < 4.78 is 14.4. The molecule has 5 aliphatic rings. The summed E-state index contributed by atoms with van der Waals surface area (Å²) >= 11 is 0. The highest BCUT2D eigenvalue weighted by Gasteiger charge is 2.44. The summed E-state index contributed by atoms with van der Waals surface area (Å²) in [5.41, 5.74) is 1.81. The van der Waals surface area contributed by atoms with E-state index in [1.807, 2.05) is 30.6 Å². The maximum absolute atomic E-state index is 14.4. The van der Waals surface area contributed by atoms with E-state index in [4.69, 9.17) is 0 Å². The third-order valence-electron chi connectivity index (χ3n) is 9.23. The smallest absolute Gasteiger partial charge is 0.256 e. The Morgan fingerprint density at radius 2 is 1.90 bits per heavy atom. The van der Waals surface area contributed by atoms with Crippen LogP contribution in [0, 0.1) is 17.7 Å². The zero-order valence-corrected chi connectivity index (χ0v) is 23.7. The van der Waals surface area contributed by atoms with Gasteiger partial charge >= 0.3 is 0 Å². The number of carbonyl (C=O) groups excluding carboxylic acids is 2. The second-order valence-corrected chi connectivity index (χ2v) is 12.0. The molecule has 1 N–H and O–H groups in total. The molecule has 7 rings (SSSR count). The van der Waals surface area contributed by atoms with E-state index in [0.717, 1.165) is 31.1 Å². The molecule has 3 saturated heterocycles. The molecule has 5 heterocycles. The molecule has 10 heteroatoms. The molecular weight excluding hydrogens is 509 g/mol. The molecule has 1 aromatic carbocycles. The Kier molecular flexibility index (Phi) is 7.37. The van der Waals surface area contributed by atoms with Crippen molar-refractivity contribution >= 4 is 29.0 Å². The number of piperidine rings is 2. The number of carbonyl (C=O) groups is 2. The lowest BCUT2D eigenvalue weighted by Gasteiger charge is -2.49. The minimum absolute atomic E-state index is 0.000879. The van der Waals surface area contributed by atoms with Crippen LogP contribution >= 0.6 is 0 Å². The Hall–Kier alpha value is -3.27. The maximum atomic E-state index is 14.4. The van der Waals surface area contributed by atoms with Crippen LogP contribution in [0.1, 0.15) is 56.8 Å². The van der Waals surface area contributed by atoms with Crippen LogP contribution in [0.2, 0.25) is 0 Å². The molecular formula is C30H40FN7O2. The largest absolute Gasteiger partial charge is 0.353 e. The van der Waals surface area contributed by atoms with E-state index in [0.29, 0.717) is 48.8 Å². The molecule has 1 saturated carbocycles. The number of fused-ring (bicyclic) bond motifs is 4. The van der Waals surface area contributed by atoms with Gasteiger partial charge in [-0.3, -0.25) is 9.59 Å². The number of benzene rings is 1. The number of nitrogens with zero attached hydrogens (tertiary/aromatic N) is 6. The molecule has 1 atom stereocenters. The number of likely N-dealkylation sites (tertiary alicyclic amines) is 1. The van der Waals surface area contributed by atoms with Gasteiger partial charge in [-0.05, 0) is 70.6 Å². The number of aromatic nitrogens is 2. The number of halogens is 1. The molecule has 1 aliphatic carbocycles. The fourth-order valence-corrected chi connectivity index (χ4v) is 7.09. The number of rotatable bonds is 7. The normalized spacial score (nSPS) is 24.2. The van der Waals surface area contributed by atoms with Crippen LogP contribution in [0.25, 0.3) is 0 Å². The zero-order chi connectivity index (χ0) is 28.0. The molecule has 214 valence electrons. The standard InChI is InChI=1S/C30H40FN7O2/c1-4-37(19(2)3)29(39)24-13-22(31)7-10-25(24)38-12-11-35(28-26(38)14-32-18-33-28)15-20-16-36(17-20)30(40)27-21-5-8-23(34-27)9-6-21/h7,10,13-14,18-21,23,27,34H,4-6,8-9,11-12,15-17H2,1-3H3/t21?,23?,27-/m0/s1. The van der Waals surface area contributed by atoms with Gasteiger partial charge in [-0.15, -0.1) is 0 Å². The van der Waals surface area contributed by atoms with Gasteiger partial charge in [-0.25, -0.2) is 14.4 Å². The fraction of sp³-hybridized carbons (Fsp3) is 0.600. The van der Waals surface area contributed by atoms with Crippen LogP contribution in [-0.2, 0) is 4.79 Å². The zero-order valence-electron chi connectivity index (χ0n) is 23.7. The maximum Gasteiger partial charge on any atom is 0.256 e. The number of hydrogen-bond donors (Lipinski definition) is 1. The number of anilines is 3. The first kappa shape index (κ1) is 26.9. The van der Waals surface area contributed by atoms with E-state index in [9.17, 15) is 14.0 Å². The predicted octanol–water partition coefficient (Wildman–Crippen LogP) is 3.43. The lowest BCUT2D eigenvalue weighted by atomic mass is 9.75. The van der Waals surface area contributed by atoms with Crippen LogP contribution in [0.4, 0.5) is 21.6 Å². The van der Waals surface area contributed by atoms with E-state index in [-0.39, 0.29) is 23.9 Å². The number of hydrogen-bond acceptors (Lipinski definition) is 7. The number of amides is 2. The summed E-state index contributed by atoms with van der Waals surface area (Å²) in [5.74, 6) is 1.32. The van der Waals surface area contributed by atoms with Crippen molar-refractivity contribution in [3.05, 3.63) is 42.1 Å². The molecule has 9 nitrogen and oxygen atoms in total. The highest BCUT2D eigenvalue weighted by molar-refractivity contribution is 6.01. The van der Waals surface area contributed by atoms with Crippen molar-refractivity contribution in [1.82, 2.24) is 25.1 Å². The van der Waals surface area contributed by atoms with Crippen molar-refractivity contribution in [2.24, 2.45) is 11.8 Å². The Labute approximate surface area is 235 Å². The lowest BCUT2D eigenvalue weighted by molar-refractivity contribution is -0.143. The van der Waals surface area contributed by atoms with Crippen molar-refractivity contribution in [2.45, 2.75) is 64.6 Å². The van der Waals surface area contributed by atoms with Gasteiger partial charge in [0.05, 0.1) is 23.5 Å². The average molecular weight is 550 g/mol. The lowest BCUT2D eigenvalue weighted by Crippen LogP contribution is -2.64. The van der Waals surface area contributed by atoms with Gasteiger partial charge in [0, 0.05) is 57.3 Å². The highest BCUT2D eigenvalue weighted by Crippen LogP contribution is 2.39. The van der Waals surface area contributed by atoms with Crippen molar-refractivity contribution in [1.29, 1.82) is 0 Å². The SMILES string of the molecule is CCN(C(=O)c1cc(F)ccc1N1CCN(CC2CN(C(=O)[C@H]3NC4CCC3CC4)C2)c2ncncc21)C(C)C. The van der Waals surface area contributed by atoms with Crippen LogP contribution < -0.4 is 15.1 Å². The van der Waals surface area contributed by atoms with Gasteiger partial charge in [-0.1, -0.05) is 0 Å². The molecule has 4 fully saturated rings. The van der Waals surface area contributed by atoms with Gasteiger partial charge in [-0.2, -0.15) is 0 Å². The Balaban J connectivity index is 1.16. The third kappa shape index (κ3) is 4.91. The topological polar surface area (TPSA) is 84.9 Å². The Bertz CT molecular complexity index is 1260. The fourth-order valence-electron chi connectivity index (χ4n) is 7.09. The van der Waals surface area contributed by atoms with Crippen molar-refractivity contribution in [2.75, 3.05) is 49.1 Å². The monoisotopic (exact) mass is 549 g/mol. The van der Waals surface area contributed by atoms with Gasteiger partial charge in [0.15, 0.2) is 5.82 Å². The van der Waals surface area contributed by atoms with Crippen LogP contribution in [0.3, 0.4) is 0 Å². The van der Waals surface area contributed by atoms with Crippen LogP contribution in [-0.4, -0.2) is 89.0 Å². The van der Waals surface area contributed by atoms with Crippen LogP contribution in [0.15, 0.2) is 30.7 Å². The first-order valence-corrected chi connectivity index (χ1v) is 14.8. The minimum atomic E-state index is -0.435. The Morgan fingerprint density at radius 1 is 1.12 bits per heavy atom. The molecule has 2 bridgehead atoms. The quantitative estimate of drug-likeness (QED) is 0.567. The van der Waals surface area contributed by atoms with E-state index < -0.39 is 5.82 Å². The number of nitrogens with one attached hydrogen (secondary N) is 1. The van der Waals surface area contributed by atoms with Crippen molar-refractivity contribution < 1.29 is 14.0 Å². The third-order valence-corrected chi connectivity index (χ3v) is 9.23. The predicted molar refractivity (Wildman–Crippen MR) is 152 cm³/mol. The van der Waals surface area contributed by atoms with E-state index >= 15 is 0 Å². The molecule has 2 aromatic rings. The minimum Gasteiger partial charge on any atom is -0.353 e. The first-order valence-electron chi connectivity index (χ1n) is 14.8. The molecule has 1 aromatic heterocycles. The molecule has 0 unspecified atom stereocenters. The van der Waals surface area contributed by atoms with E-state index in [1.165, 1.54) is 37.8 Å². The summed E-state index contributed by atoms with van der Waals surface area (Å²) in [6.45, 7) is 10.1. The molecule has 40 heavy (non-hydrogen) atoms. The van der Waals surface area contributed by atoms with Crippen LogP contribution in [0.5, 0.6) is 0 Å². The summed E-state index contributed by atoms with van der Waals surface area (Å²) in [6.07, 6.45) is 8.05. The highest BCUT2D eigenvalue weighted by atomic mass is 19.1. The van der Waals surface area contributed by atoms with E-state index in [2.05, 4.69) is 20.2 Å². The van der Waals surface area contributed by atoms with Crippen molar-refractivity contribution in [3.8, 4) is 0 Å². The molecule has 2 amide bonds.